The number of nitrogens with one attached hydrogen (secondary N) is 1. The number of amides is 1. The topological polar surface area (TPSA) is 62.1 Å². The van der Waals surface area contributed by atoms with Gasteiger partial charge in [0.25, 0.3) is 5.91 Å². The van der Waals surface area contributed by atoms with Crippen molar-refractivity contribution in [3.05, 3.63) is 98.5 Å². The number of carbonyl (C=O) groups excluding carboxylic acids is 1. The largest absolute Gasteiger partial charge is 0.494 e. The number of rotatable bonds is 7. The summed E-state index contributed by atoms with van der Waals surface area (Å²) >= 11 is 12.9. The van der Waals surface area contributed by atoms with Crippen molar-refractivity contribution in [1.82, 2.24) is 0 Å². The fraction of sp³-hybridized carbons (Fsp3) is 0.154. The summed E-state index contributed by atoms with van der Waals surface area (Å²) in [6.07, 6.45) is 1.99. The van der Waals surface area contributed by atoms with Crippen LogP contribution in [-0.4, -0.2) is 12.5 Å². The van der Waals surface area contributed by atoms with E-state index in [0.29, 0.717) is 40.1 Å². The first-order valence-electron chi connectivity index (χ1n) is 10.1. The molecule has 0 unspecified atom stereocenters. The number of halogens is 2. The number of aryl methyl sites for hydroxylation is 1. The number of hydrogen-bond acceptors (Lipinski definition) is 3. The summed E-state index contributed by atoms with van der Waals surface area (Å²) in [6, 6.07) is 20.4. The Bertz CT molecular complexity index is 1200. The minimum atomic E-state index is -0.495. The van der Waals surface area contributed by atoms with E-state index in [0.717, 1.165) is 16.7 Å². The van der Waals surface area contributed by atoms with E-state index in [1.807, 2.05) is 56.3 Å². The van der Waals surface area contributed by atoms with Gasteiger partial charge in [0.05, 0.1) is 6.61 Å². The molecule has 0 radical (unpaired) electrons. The Hall–Kier alpha value is -3.26. The lowest BCUT2D eigenvalue weighted by atomic mass is 10.0. The van der Waals surface area contributed by atoms with E-state index >= 15 is 0 Å². The van der Waals surface area contributed by atoms with Crippen molar-refractivity contribution in [3.63, 3.8) is 0 Å². The van der Waals surface area contributed by atoms with Crippen LogP contribution in [0.2, 0.25) is 10.0 Å². The van der Waals surface area contributed by atoms with E-state index < -0.39 is 5.91 Å². The smallest absolute Gasteiger partial charge is 0.266 e. The first kappa shape index (κ1) is 23.4. The van der Waals surface area contributed by atoms with E-state index in [-0.39, 0.29) is 5.57 Å². The molecule has 0 heterocycles. The Labute approximate surface area is 198 Å². The quantitative estimate of drug-likeness (QED) is 0.307. The van der Waals surface area contributed by atoms with Crippen molar-refractivity contribution in [2.45, 2.75) is 20.3 Å². The zero-order valence-electron chi connectivity index (χ0n) is 17.8. The van der Waals surface area contributed by atoms with Crippen LogP contribution in [0.5, 0.6) is 5.75 Å². The molecule has 0 aliphatic rings. The van der Waals surface area contributed by atoms with Gasteiger partial charge in [0.1, 0.15) is 17.4 Å². The van der Waals surface area contributed by atoms with E-state index in [1.165, 1.54) is 6.08 Å². The lowest BCUT2D eigenvalue weighted by Crippen LogP contribution is -2.13. The second kappa shape index (κ2) is 10.9. The molecule has 0 saturated carbocycles. The highest BCUT2D eigenvalue weighted by molar-refractivity contribution is 6.32. The summed E-state index contributed by atoms with van der Waals surface area (Å²) in [6.45, 7) is 4.28. The third kappa shape index (κ3) is 5.91. The maximum absolute atomic E-state index is 12.6. The molecule has 1 N–H and O–H groups in total. The second-order valence-corrected chi connectivity index (χ2v) is 7.98. The number of ether oxygens (including phenoxy) is 1. The van der Waals surface area contributed by atoms with Crippen molar-refractivity contribution in [1.29, 1.82) is 5.26 Å². The molecular weight excluding hydrogens is 443 g/mol. The Balaban J connectivity index is 1.91. The van der Waals surface area contributed by atoms with Gasteiger partial charge >= 0.3 is 0 Å². The number of nitrogens with zero attached hydrogens (tertiary/aromatic N) is 1. The summed E-state index contributed by atoms with van der Waals surface area (Å²) in [7, 11) is 0. The van der Waals surface area contributed by atoms with Crippen molar-refractivity contribution < 1.29 is 9.53 Å². The third-order valence-corrected chi connectivity index (χ3v) is 5.49. The molecule has 3 aromatic rings. The highest BCUT2D eigenvalue weighted by Crippen LogP contribution is 2.33. The van der Waals surface area contributed by atoms with Gasteiger partial charge in [0, 0.05) is 27.7 Å². The summed E-state index contributed by atoms with van der Waals surface area (Å²) in [5.41, 5.74) is 3.97. The Kier molecular flexibility index (Phi) is 7.94. The number of carbonyl (C=O) groups is 1. The predicted octanol–water partition coefficient (Wildman–Crippen LogP) is 6.84. The van der Waals surface area contributed by atoms with Crippen molar-refractivity contribution >= 4 is 40.9 Å². The fourth-order valence-electron chi connectivity index (χ4n) is 3.15. The molecule has 0 spiro atoms. The standard InChI is InChI=1S/C26H22Cl2N2O2/c1-3-32-25-14-18(13-24(28)22(25)15-19-6-4-5-7-23(19)27)12-20(16-29)26(31)30-21-10-8-17(2)9-11-21/h4-14H,3,15H2,1-2H3,(H,30,31)/b20-12+. The molecule has 0 saturated heterocycles. The number of hydrogen-bond donors (Lipinski definition) is 1. The molecule has 0 atom stereocenters. The molecular formula is C26H22Cl2N2O2. The molecule has 162 valence electrons. The Morgan fingerprint density at radius 3 is 2.47 bits per heavy atom. The summed E-state index contributed by atoms with van der Waals surface area (Å²) < 4.78 is 5.81. The van der Waals surface area contributed by atoms with Crippen LogP contribution in [0.3, 0.4) is 0 Å². The normalized spacial score (nSPS) is 11.0. The first-order valence-corrected chi connectivity index (χ1v) is 10.8. The molecule has 1 amide bonds. The monoisotopic (exact) mass is 464 g/mol. The minimum absolute atomic E-state index is 0.0389. The van der Waals surface area contributed by atoms with Crippen molar-refractivity contribution in [3.8, 4) is 11.8 Å². The molecule has 3 rings (SSSR count). The molecule has 3 aromatic carbocycles. The molecule has 32 heavy (non-hydrogen) atoms. The minimum Gasteiger partial charge on any atom is -0.494 e. The molecule has 0 aliphatic heterocycles. The lowest BCUT2D eigenvalue weighted by Gasteiger charge is -2.14. The van der Waals surface area contributed by atoms with E-state index in [9.17, 15) is 10.1 Å². The van der Waals surface area contributed by atoms with Crippen molar-refractivity contribution in [2.24, 2.45) is 0 Å². The van der Waals surface area contributed by atoms with Gasteiger partial charge in [0.2, 0.25) is 0 Å². The maximum Gasteiger partial charge on any atom is 0.266 e. The van der Waals surface area contributed by atoms with Gasteiger partial charge in [-0.05, 0) is 61.4 Å². The maximum atomic E-state index is 12.6. The molecule has 4 nitrogen and oxygen atoms in total. The predicted molar refractivity (Wildman–Crippen MR) is 130 cm³/mol. The lowest BCUT2D eigenvalue weighted by molar-refractivity contribution is -0.112. The van der Waals surface area contributed by atoms with Crippen LogP contribution in [0, 0.1) is 18.3 Å². The highest BCUT2D eigenvalue weighted by atomic mass is 35.5. The Morgan fingerprint density at radius 2 is 1.81 bits per heavy atom. The Morgan fingerprint density at radius 1 is 1.09 bits per heavy atom. The summed E-state index contributed by atoms with van der Waals surface area (Å²) in [5.74, 6) is 0.0907. The molecule has 6 heteroatoms. The SMILES string of the molecule is CCOc1cc(/C=C(\C#N)C(=O)Nc2ccc(C)cc2)cc(Cl)c1Cc1ccccc1Cl. The number of nitriles is 1. The number of benzene rings is 3. The zero-order valence-corrected chi connectivity index (χ0v) is 19.3. The van der Waals surface area contributed by atoms with Gasteiger partial charge in [-0.2, -0.15) is 5.26 Å². The fourth-order valence-corrected chi connectivity index (χ4v) is 3.64. The van der Waals surface area contributed by atoms with Gasteiger partial charge in [-0.15, -0.1) is 0 Å². The van der Waals surface area contributed by atoms with Crippen LogP contribution in [0.1, 0.15) is 29.2 Å². The molecule has 0 fully saturated rings. The van der Waals surface area contributed by atoms with Gasteiger partial charge < -0.3 is 10.1 Å². The average molecular weight is 465 g/mol. The number of anilines is 1. The second-order valence-electron chi connectivity index (χ2n) is 7.17. The highest BCUT2D eigenvalue weighted by Gasteiger charge is 2.15. The van der Waals surface area contributed by atoms with E-state index in [4.69, 9.17) is 27.9 Å². The van der Waals surface area contributed by atoms with Crippen LogP contribution in [0.15, 0.2) is 66.2 Å². The van der Waals surface area contributed by atoms with Gasteiger partial charge in [-0.1, -0.05) is 59.1 Å². The molecule has 0 aliphatic carbocycles. The van der Waals surface area contributed by atoms with E-state index in [2.05, 4.69) is 5.32 Å². The molecule has 0 aromatic heterocycles. The van der Waals surface area contributed by atoms with Crippen LogP contribution >= 0.6 is 23.2 Å². The van der Waals surface area contributed by atoms with Crippen LogP contribution in [0.4, 0.5) is 5.69 Å². The van der Waals surface area contributed by atoms with Gasteiger partial charge in [-0.3, -0.25) is 4.79 Å². The average Bonchev–Trinajstić information content (AvgIpc) is 2.77. The summed E-state index contributed by atoms with van der Waals surface area (Å²) in [5, 5.41) is 13.4. The third-order valence-electron chi connectivity index (χ3n) is 4.79. The molecule has 0 bridgehead atoms. The van der Waals surface area contributed by atoms with Crippen molar-refractivity contribution in [2.75, 3.05) is 11.9 Å². The van der Waals surface area contributed by atoms with Crippen LogP contribution in [0.25, 0.3) is 6.08 Å². The van der Waals surface area contributed by atoms with Gasteiger partial charge in [-0.25, -0.2) is 0 Å². The first-order chi connectivity index (χ1) is 15.4. The van der Waals surface area contributed by atoms with Crippen LogP contribution < -0.4 is 10.1 Å². The van der Waals surface area contributed by atoms with Gasteiger partial charge in [0.15, 0.2) is 0 Å². The summed E-state index contributed by atoms with van der Waals surface area (Å²) in [4.78, 5) is 12.6. The van der Waals surface area contributed by atoms with E-state index in [1.54, 1.807) is 24.3 Å². The zero-order chi connectivity index (χ0) is 23.1. The van der Waals surface area contributed by atoms with Crippen LogP contribution in [-0.2, 0) is 11.2 Å².